The highest BCUT2D eigenvalue weighted by Gasteiger charge is 2.56. The second-order valence-electron chi connectivity index (χ2n) is 9.31. The van der Waals surface area contributed by atoms with E-state index >= 15 is 0 Å². The predicted molar refractivity (Wildman–Crippen MR) is 97.4 cm³/mol. The topological polar surface area (TPSA) is 50.9 Å². The van der Waals surface area contributed by atoms with E-state index in [0.717, 1.165) is 18.8 Å². The van der Waals surface area contributed by atoms with Crippen molar-refractivity contribution in [2.45, 2.75) is 64.9 Å². The summed E-state index contributed by atoms with van der Waals surface area (Å²) in [5, 5.41) is 18.4. The summed E-state index contributed by atoms with van der Waals surface area (Å²) in [6.45, 7) is 4.94. The number of rotatable bonds is 1. The molecular formula is C21H29N3O. The Labute approximate surface area is 150 Å². The SMILES string of the molecule is CC12CCC3C(CCC4CC(O)CCC43C)C1=CC=C2n1ccnn1. The molecule has 4 nitrogen and oxygen atoms in total. The first-order chi connectivity index (χ1) is 12.0. The number of aliphatic hydroxyl groups excluding tert-OH is 1. The zero-order chi connectivity index (χ0) is 17.2. The molecular weight excluding hydrogens is 310 g/mol. The van der Waals surface area contributed by atoms with Crippen molar-refractivity contribution in [2.75, 3.05) is 0 Å². The fraction of sp³-hybridized carbons (Fsp3) is 0.714. The summed E-state index contributed by atoms with van der Waals surface area (Å²) in [4.78, 5) is 0. The van der Waals surface area contributed by atoms with Gasteiger partial charge < -0.3 is 5.11 Å². The van der Waals surface area contributed by atoms with Crippen LogP contribution in [0.2, 0.25) is 0 Å². The van der Waals surface area contributed by atoms with Crippen LogP contribution < -0.4 is 0 Å². The van der Waals surface area contributed by atoms with Crippen molar-refractivity contribution in [2.24, 2.45) is 28.6 Å². The van der Waals surface area contributed by atoms with Crippen LogP contribution in [0.3, 0.4) is 0 Å². The van der Waals surface area contributed by atoms with Crippen LogP contribution in [-0.4, -0.2) is 26.2 Å². The van der Waals surface area contributed by atoms with Gasteiger partial charge in [-0.1, -0.05) is 30.7 Å². The Balaban J connectivity index is 1.46. The van der Waals surface area contributed by atoms with Crippen LogP contribution in [0.4, 0.5) is 0 Å². The van der Waals surface area contributed by atoms with Crippen molar-refractivity contribution in [3.05, 3.63) is 30.1 Å². The normalized spacial score (nSPS) is 45.9. The lowest BCUT2D eigenvalue weighted by molar-refractivity contribution is -0.0786. The third-order valence-electron chi connectivity index (χ3n) is 8.31. The van der Waals surface area contributed by atoms with E-state index in [-0.39, 0.29) is 11.5 Å². The second-order valence-corrected chi connectivity index (χ2v) is 9.31. The molecule has 6 unspecified atom stereocenters. The summed E-state index contributed by atoms with van der Waals surface area (Å²) in [5.41, 5.74) is 3.47. The first kappa shape index (κ1) is 15.8. The summed E-state index contributed by atoms with van der Waals surface area (Å²) in [5.74, 6) is 2.20. The quantitative estimate of drug-likeness (QED) is 0.839. The fourth-order valence-electron chi connectivity index (χ4n) is 6.88. The van der Waals surface area contributed by atoms with Crippen LogP contribution in [0.1, 0.15) is 58.8 Å². The maximum atomic E-state index is 10.2. The lowest BCUT2D eigenvalue weighted by Gasteiger charge is -2.59. The van der Waals surface area contributed by atoms with Crippen molar-refractivity contribution in [1.82, 2.24) is 15.0 Å². The van der Waals surface area contributed by atoms with E-state index in [1.165, 1.54) is 37.8 Å². The Morgan fingerprint density at radius 1 is 1.12 bits per heavy atom. The Morgan fingerprint density at radius 2 is 2.00 bits per heavy atom. The van der Waals surface area contributed by atoms with Gasteiger partial charge in [0.15, 0.2) is 0 Å². The van der Waals surface area contributed by atoms with Gasteiger partial charge in [-0.25, -0.2) is 4.68 Å². The summed E-state index contributed by atoms with van der Waals surface area (Å²) in [6, 6.07) is 0. The summed E-state index contributed by atoms with van der Waals surface area (Å²) in [7, 11) is 0. The van der Waals surface area contributed by atoms with Crippen molar-refractivity contribution in [3.8, 4) is 0 Å². The maximum Gasteiger partial charge on any atom is 0.0697 e. The van der Waals surface area contributed by atoms with Gasteiger partial charge in [0.2, 0.25) is 0 Å². The summed E-state index contributed by atoms with van der Waals surface area (Å²) < 4.78 is 1.97. The molecule has 1 aromatic heterocycles. The lowest BCUT2D eigenvalue weighted by atomic mass is 9.46. The molecule has 0 radical (unpaired) electrons. The highest BCUT2D eigenvalue weighted by atomic mass is 16.3. The number of aromatic nitrogens is 3. The summed E-state index contributed by atoms with van der Waals surface area (Å²) >= 11 is 0. The minimum absolute atomic E-state index is 0.0604. The number of hydrogen-bond donors (Lipinski definition) is 1. The molecule has 3 fully saturated rings. The van der Waals surface area contributed by atoms with Gasteiger partial charge in [0.1, 0.15) is 0 Å². The Bertz CT molecular complexity index is 736. The molecule has 25 heavy (non-hydrogen) atoms. The van der Waals surface area contributed by atoms with Gasteiger partial charge in [-0.15, -0.1) is 5.10 Å². The standard InChI is InChI=1S/C21H29N3O/c1-20-9-7-15(25)13-14(20)3-4-16-17-5-6-19(24-12-11-22-23-24)21(17,2)10-8-18(16)20/h5-6,11-12,14-16,18,25H,3-4,7-10,13H2,1-2H3. The Hall–Kier alpha value is -1.42. The molecule has 0 aromatic carbocycles. The zero-order valence-corrected chi connectivity index (χ0v) is 15.4. The van der Waals surface area contributed by atoms with Crippen LogP contribution in [0.15, 0.2) is 30.1 Å². The van der Waals surface area contributed by atoms with Crippen molar-refractivity contribution in [1.29, 1.82) is 0 Å². The van der Waals surface area contributed by atoms with Gasteiger partial charge >= 0.3 is 0 Å². The minimum Gasteiger partial charge on any atom is -0.393 e. The molecule has 5 rings (SSSR count). The van der Waals surface area contributed by atoms with Gasteiger partial charge in [-0.05, 0) is 74.2 Å². The van der Waals surface area contributed by atoms with Crippen molar-refractivity contribution >= 4 is 5.70 Å². The van der Waals surface area contributed by atoms with E-state index in [0.29, 0.717) is 17.3 Å². The average Bonchev–Trinajstić information content (AvgIpc) is 3.22. The van der Waals surface area contributed by atoms with Crippen molar-refractivity contribution in [3.63, 3.8) is 0 Å². The molecule has 6 atom stereocenters. The maximum absolute atomic E-state index is 10.2. The zero-order valence-electron chi connectivity index (χ0n) is 15.4. The second kappa shape index (κ2) is 5.29. The van der Waals surface area contributed by atoms with Gasteiger partial charge in [0.25, 0.3) is 0 Å². The van der Waals surface area contributed by atoms with E-state index in [4.69, 9.17) is 0 Å². The van der Waals surface area contributed by atoms with Crippen LogP contribution in [0.25, 0.3) is 5.70 Å². The van der Waals surface area contributed by atoms with Crippen LogP contribution in [0.5, 0.6) is 0 Å². The van der Waals surface area contributed by atoms with E-state index in [2.05, 4.69) is 36.3 Å². The molecule has 4 aliphatic carbocycles. The highest BCUT2D eigenvalue weighted by Crippen LogP contribution is 2.65. The molecule has 4 heteroatoms. The molecule has 0 amide bonds. The van der Waals surface area contributed by atoms with Gasteiger partial charge in [-0.2, -0.15) is 0 Å². The predicted octanol–water partition coefficient (Wildman–Crippen LogP) is 4.05. The molecule has 0 bridgehead atoms. The van der Waals surface area contributed by atoms with Gasteiger partial charge in [0.05, 0.1) is 24.2 Å². The average molecular weight is 339 g/mol. The molecule has 1 N–H and O–H groups in total. The lowest BCUT2D eigenvalue weighted by Crippen LogP contribution is -2.51. The first-order valence-corrected chi connectivity index (χ1v) is 10.00. The molecule has 0 saturated heterocycles. The largest absolute Gasteiger partial charge is 0.393 e. The first-order valence-electron chi connectivity index (χ1n) is 10.00. The molecule has 134 valence electrons. The van der Waals surface area contributed by atoms with Gasteiger partial charge in [0, 0.05) is 5.41 Å². The van der Waals surface area contributed by atoms with E-state index in [9.17, 15) is 5.11 Å². The molecule has 4 aliphatic rings. The minimum atomic E-state index is -0.0604. The van der Waals surface area contributed by atoms with Crippen LogP contribution in [0, 0.1) is 28.6 Å². The third-order valence-corrected chi connectivity index (χ3v) is 8.31. The fourth-order valence-corrected chi connectivity index (χ4v) is 6.88. The van der Waals surface area contributed by atoms with Crippen LogP contribution in [-0.2, 0) is 0 Å². The molecule has 0 aliphatic heterocycles. The smallest absolute Gasteiger partial charge is 0.0697 e. The number of hydrogen-bond acceptors (Lipinski definition) is 3. The number of aliphatic hydroxyl groups is 1. The molecule has 3 saturated carbocycles. The van der Waals surface area contributed by atoms with Gasteiger partial charge in [-0.3, -0.25) is 0 Å². The Morgan fingerprint density at radius 3 is 2.80 bits per heavy atom. The van der Waals surface area contributed by atoms with Crippen LogP contribution >= 0.6 is 0 Å². The van der Waals surface area contributed by atoms with E-state index in [1.54, 1.807) is 11.8 Å². The molecule has 0 spiro atoms. The number of nitrogens with zero attached hydrogens (tertiary/aromatic N) is 3. The monoisotopic (exact) mass is 339 g/mol. The van der Waals surface area contributed by atoms with Crippen molar-refractivity contribution < 1.29 is 5.11 Å². The summed E-state index contributed by atoms with van der Waals surface area (Å²) in [6.07, 6.45) is 16.7. The number of fused-ring (bicyclic) bond motifs is 5. The molecule has 1 heterocycles. The number of allylic oxidation sites excluding steroid dienone is 4. The highest BCUT2D eigenvalue weighted by molar-refractivity contribution is 5.65. The van der Waals surface area contributed by atoms with E-state index in [1.807, 2.05) is 10.9 Å². The Kier molecular flexibility index (Phi) is 3.35. The third kappa shape index (κ3) is 2.09. The van der Waals surface area contributed by atoms with E-state index < -0.39 is 0 Å². The molecule has 1 aromatic rings.